The average molecular weight is 446 g/mol. The van der Waals surface area contributed by atoms with Gasteiger partial charge in [0.2, 0.25) is 15.9 Å². The van der Waals surface area contributed by atoms with Gasteiger partial charge in [-0.15, -0.1) is 0 Å². The third-order valence-corrected chi connectivity index (χ3v) is 5.73. The summed E-state index contributed by atoms with van der Waals surface area (Å²) in [6.45, 7) is 3.35. The first-order valence-electron chi connectivity index (χ1n) is 7.41. The molecule has 134 valence electrons. The first kappa shape index (κ1) is 19.8. The maximum atomic E-state index is 12.6. The van der Waals surface area contributed by atoms with Gasteiger partial charge in [-0.1, -0.05) is 39.7 Å². The summed E-state index contributed by atoms with van der Waals surface area (Å²) >= 11 is 9.44. The molecule has 1 amide bonds. The predicted molar refractivity (Wildman–Crippen MR) is 106 cm³/mol. The number of aryl methyl sites for hydroxylation is 1. The molecule has 0 heterocycles. The van der Waals surface area contributed by atoms with E-state index in [1.807, 2.05) is 13.0 Å². The molecule has 0 saturated carbocycles. The van der Waals surface area contributed by atoms with Gasteiger partial charge >= 0.3 is 0 Å². The molecule has 0 aliphatic carbocycles. The molecule has 0 aliphatic heterocycles. The minimum Gasteiger partial charge on any atom is -0.324 e. The lowest BCUT2D eigenvalue weighted by Crippen LogP contribution is -2.45. The SMILES string of the molecule is Cc1ccc(N([C@H](C)C(=O)Nc2cccc(Br)c2)S(C)(=O)=O)cc1Cl. The highest BCUT2D eigenvalue weighted by Crippen LogP contribution is 2.27. The Morgan fingerprint density at radius 2 is 1.92 bits per heavy atom. The topological polar surface area (TPSA) is 66.5 Å². The predicted octanol–water partition coefficient (Wildman–Crippen LogP) is 4.20. The van der Waals surface area contributed by atoms with E-state index in [-0.39, 0.29) is 0 Å². The molecule has 0 fully saturated rings. The van der Waals surface area contributed by atoms with E-state index in [2.05, 4.69) is 21.2 Å². The number of nitrogens with one attached hydrogen (secondary N) is 1. The molecule has 0 bridgehead atoms. The first-order valence-corrected chi connectivity index (χ1v) is 10.4. The Hall–Kier alpha value is -1.57. The molecule has 0 unspecified atom stereocenters. The van der Waals surface area contributed by atoms with Crippen LogP contribution in [0.3, 0.4) is 0 Å². The van der Waals surface area contributed by atoms with Crippen LogP contribution >= 0.6 is 27.5 Å². The monoisotopic (exact) mass is 444 g/mol. The van der Waals surface area contributed by atoms with Crippen molar-refractivity contribution in [2.45, 2.75) is 19.9 Å². The van der Waals surface area contributed by atoms with Crippen LogP contribution in [0.1, 0.15) is 12.5 Å². The Morgan fingerprint density at radius 3 is 2.48 bits per heavy atom. The zero-order valence-corrected chi connectivity index (χ0v) is 17.1. The highest BCUT2D eigenvalue weighted by Gasteiger charge is 2.29. The van der Waals surface area contributed by atoms with E-state index in [0.717, 1.165) is 20.6 Å². The van der Waals surface area contributed by atoms with Gasteiger partial charge in [-0.2, -0.15) is 0 Å². The van der Waals surface area contributed by atoms with E-state index in [1.54, 1.807) is 36.4 Å². The largest absolute Gasteiger partial charge is 0.324 e. The van der Waals surface area contributed by atoms with Crippen LogP contribution in [0.2, 0.25) is 5.02 Å². The summed E-state index contributed by atoms with van der Waals surface area (Å²) < 4.78 is 26.4. The van der Waals surface area contributed by atoms with Crippen molar-refractivity contribution in [2.24, 2.45) is 0 Å². The van der Waals surface area contributed by atoms with Crippen LogP contribution in [-0.2, 0) is 14.8 Å². The van der Waals surface area contributed by atoms with E-state index < -0.39 is 22.0 Å². The van der Waals surface area contributed by atoms with Gasteiger partial charge in [-0.3, -0.25) is 9.10 Å². The van der Waals surface area contributed by atoms with Crippen LogP contribution in [0.5, 0.6) is 0 Å². The summed E-state index contributed by atoms with van der Waals surface area (Å²) in [5.41, 5.74) is 1.74. The molecule has 0 radical (unpaired) electrons. The van der Waals surface area contributed by atoms with Gasteiger partial charge in [0, 0.05) is 15.2 Å². The van der Waals surface area contributed by atoms with Crippen LogP contribution < -0.4 is 9.62 Å². The number of nitrogens with zero attached hydrogens (tertiary/aromatic N) is 1. The molecule has 2 aromatic rings. The maximum Gasteiger partial charge on any atom is 0.247 e. The molecule has 0 saturated heterocycles. The molecule has 0 spiro atoms. The van der Waals surface area contributed by atoms with Crippen LogP contribution in [0, 0.1) is 6.92 Å². The van der Waals surface area contributed by atoms with Crippen molar-refractivity contribution >= 4 is 54.8 Å². The summed E-state index contributed by atoms with van der Waals surface area (Å²) in [7, 11) is -3.69. The van der Waals surface area contributed by atoms with Crippen LogP contribution in [0.4, 0.5) is 11.4 Å². The molecular weight excluding hydrogens is 428 g/mol. The number of anilines is 2. The number of sulfonamides is 1. The van der Waals surface area contributed by atoms with Gasteiger partial charge in [0.15, 0.2) is 0 Å². The summed E-state index contributed by atoms with van der Waals surface area (Å²) in [6, 6.07) is 11.0. The van der Waals surface area contributed by atoms with Gasteiger partial charge in [0.1, 0.15) is 6.04 Å². The zero-order valence-electron chi connectivity index (χ0n) is 14.0. The van der Waals surface area contributed by atoms with Crippen molar-refractivity contribution < 1.29 is 13.2 Å². The Labute approximate surface area is 161 Å². The second-order valence-corrected chi connectivity index (χ2v) is 8.85. The Morgan fingerprint density at radius 1 is 1.24 bits per heavy atom. The number of benzene rings is 2. The van der Waals surface area contributed by atoms with Crippen LogP contribution in [0.25, 0.3) is 0 Å². The third kappa shape index (κ3) is 4.96. The Kier molecular flexibility index (Phi) is 6.13. The van der Waals surface area contributed by atoms with Gasteiger partial charge < -0.3 is 5.32 Å². The van der Waals surface area contributed by atoms with Crippen LogP contribution in [0.15, 0.2) is 46.9 Å². The van der Waals surface area contributed by atoms with E-state index in [4.69, 9.17) is 11.6 Å². The minimum atomic E-state index is -3.69. The van der Waals surface area contributed by atoms with E-state index in [1.165, 1.54) is 6.92 Å². The lowest BCUT2D eigenvalue weighted by Gasteiger charge is -2.28. The van der Waals surface area contributed by atoms with E-state index in [0.29, 0.717) is 16.4 Å². The van der Waals surface area contributed by atoms with Gasteiger partial charge in [0.05, 0.1) is 11.9 Å². The molecular formula is C17H18BrClN2O3S. The molecule has 0 aliphatic rings. The molecule has 25 heavy (non-hydrogen) atoms. The highest BCUT2D eigenvalue weighted by atomic mass is 79.9. The zero-order chi connectivity index (χ0) is 18.8. The van der Waals surface area contributed by atoms with Crippen molar-refractivity contribution in [2.75, 3.05) is 15.9 Å². The lowest BCUT2D eigenvalue weighted by molar-refractivity contribution is -0.116. The van der Waals surface area contributed by atoms with Gasteiger partial charge in [-0.25, -0.2) is 8.42 Å². The molecule has 0 aromatic heterocycles. The summed E-state index contributed by atoms with van der Waals surface area (Å²) in [5.74, 6) is -0.444. The first-order chi connectivity index (χ1) is 11.6. The number of hydrogen-bond donors (Lipinski definition) is 1. The normalized spacial score (nSPS) is 12.5. The van der Waals surface area contributed by atoms with Gasteiger partial charge in [0.25, 0.3) is 0 Å². The molecule has 1 N–H and O–H groups in total. The number of halogens is 2. The number of amides is 1. The van der Waals surface area contributed by atoms with Crippen molar-refractivity contribution in [3.63, 3.8) is 0 Å². The summed E-state index contributed by atoms with van der Waals surface area (Å²) in [5, 5.41) is 3.16. The van der Waals surface area contributed by atoms with E-state index in [9.17, 15) is 13.2 Å². The number of hydrogen-bond acceptors (Lipinski definition) is 3. The van der Waals surface area contributed by atoms with Crippen molar-refractivity contribution in [3.8, 4) is 0 Å². The average Bonchev–Trinajstić information content (AvgIpc) is 2.49. The Bertz CT molecular complexity index is 903. The summed E-state index contributed by atoms with van der Waals surface area (Å²) in [4.78, 5) is 12.6. The number of carbonyl (C=O) groups is 1. The molecule has 1 atom stereocenters. The Balaban J connectivity index is 2.34. The number of carbonyl (C=O) groups excluding carboxylic acids is 1. The van der Waals surface area contributed by atoms with Crippen molar-refractivity contribution in [1.29, 1.82) is 0 Å². The fraction of sp³-hybridized carbons (Fsp3) is 0.235. The molecule has 2 aromatic carbocycles. The van der Waals surface area contributed by atoms with Crippen molar-refractivity contribution in [1.82, 2.24) is 0 Å². The second kappa shape index (κ2) is 7.76. The molecule has 8 heteroatoms. The standard InChI is InChI=1S/C17H18BrClN2O3S/c1-11-7-8-15(10-16(11)19)21(25(3,23)24)12(2)17(22)20-14-6-4-5-13(18)9-14/h4-10,12H,1-3H3,(H,20,22)/t12-/m1/s1. The third-order valence-electron chi connectivity index (χ3n) is 3.59. The van der Waals surface area contributed by atoms with Gasteiger partial charge in [-0.05, 0) is 49.7 Å². The lowest BCUT2D eigenvalue weighted by atomic mass is 10.2. The maximum absolute atomic E-state index is 12.6. The smallest absolute Gasteiger partial charge is 0.247 e. The quantitative estimate of drug-likeness (QED) is 0.750. The molecule has 2 rings (SSSR count). The fourth-order valence-electron chi connectivity index (χ4n) is 2.34. The summed E-state index contributed by atoms with van der Waals surface area (Å²) in [6.07, 6.45) is 1.06. The highest BCUT2D eigenvalue weighted by molar-refractivity contribution is 9.10. The minimum absolute atomic E-state index is 0.343. The van der Waals surface area contributed by atoms with E-state index >= 15 is 0 Å². The fourth-order valence-corrected chi connectivity index (χ4v) is 4.08. The molecule has 5 nitrogen and oxygen atoms in total. The van der Waals surface area contributed by atoms with Crippen molar-refractivity contribution in [3.05, 3.63) is 57.5 Å². The second-order valence-electron chi connectivity index (χ2n) is 5.67. The number of rotatable bonds is 5. The van der Waals surface area contributed by atoms with Crippen LogP contribution in [-0.4, -0.2) is 26.6 Å².